The van der Waals surface area contributed by atoms with Gasteiger partial charge in [-0.1, -0.05) is 17.3 Å². The zero-order valence-corrected chi connectivity index (χ0v) is 11.8. The summed E-state index contributed by atoms with van der Waals surface area (Å²) in [5.74, 6) is 0.295. The molecule has 0 unspecified atom stereocenters. The Hall–Kier alpha value is -2.63. The van der Waals surface area contributed by atoms with Crippen molar-refractivity contribution in [2.45, 2.75) is 20.3 Å². The molecule has 1 aromatic heterocycles. The molecule has 1 aliphatic rings. The zero-order valence-electron chi connectivity index (χ0n) is 11.8. The number of carbonyl (C=O) groups is 2. The highest BCUT2D eigenvalue weighted by Gasteiger charge is 2.27. The van der Waals surface area contributed by atoms with Crippen LogP contribution in [0.1, 0.15) is 17.0 Å². The molecule has 2 heterocycles. The van der Waals surface area contributed by atoms with Crippen LogP contribution in [-0.2, 0) is 16.0 Å². The van der Waals surface area contributed by atoms with E-state index >= 15 is 0 Å². The van der Waals surface area contributed by atoms with Gasteiger partial charge in [-0.05, 0) is 26.0 Å². The zero-order chi connectivity index (χ0) is 15.0. The third-order valence-corrected chi connectivity index (χ3v) is 3.58. The predicted octanol–water partition coefficient (Wildman–Crippen LogP) is 1.82. The van der Waals surface area contributed by atoms with Gasteiger partial charge in [0, 0.05) is 5.56 Å². The lowest BCUT2D eigenvalue weighted by molar-refractivity contribution is -0.121. The molecule has 108 valence electrons. The molecule has 1 N–H and O–H groups in total. The van der Waals surface area contributed by atoms with Crippen molar-refractivity contribution >= 4 is 23.2 Å². The molecule has 1 aliphatic heterocycles. The summed E-state index contributed by atoms with van der Waals surface area (Å²) in [6.07, 6.45) is 0.169. The highest BCUT2D eigenvalue weighted by molar-refractivity contribution is 6.10. The fourth-order valence-corrected chi connectivity index (χ4v) is 2.46. The van der Waals surface area contributed by atoms with Crippen molar-refractivity contribution in [3.05, 3.63) is 41.3 Å². The van der Waals surface area contributed by atoms with Crippen molar-refractivity contribution in [3.8, 4) is 0 Å². The summed E-state index contributed by atoms with van der Waals surface area (Å²) in [6.45, 7) is 3.61. The molecule has 3 rings (SSSR count). The molecular weight excluding hydrogens is 270 g/mol. The van der Waals surface area contributed by atoms with Gasteiger partial charge in [-0.15, -0.1) is 0 Å². The van der Waals surface area contributed by atoms with Crippen molar-refractivity contribution in [2.75, 3.05) is 16.8 Å². The first-order valence-corrected chi connectivity index (χ1v) is 6.67. The summed E-state index contributed by atoms with van der Waals surface area (Å²) in [6, 6.07) is 7.26. The molecule has 6 heteroatoms. The van der Waals surface area contributed by atoms with E-state index < -0.39 is 0 Å². The Morgan fingerprint density at radius 2 is 2.14 bits per heavy atom. The number of carbonyl (C=O) groups excluding carboxylic acids is 2. The second kappa shape index (κ2) is 5.05. The minimum atomic E-state index is -0.194. The van der Waals surface area contributed by atoms with Crippen molar-refractivity contribution in [3.63, 3.8) is 0 Å². The van der Waals surface area contributed by atoms with Gasteiger partial charge < -0.3 is 14.7 Å². The Morgan fingerprint density at radius 1 is 1.38 bits per heavy atom. The van der Waals surface area contributed by atoms with Crippen LogP contribution in [-0.4, -0.2) is 23.5 Å². The number of hydrogen-bond donors (Lipinski definition) is 1. The van der Waals surface area contributed by atoms with E-state index in [2.05, 4.69) is 10.5 Å². The minimum absolute atomic E-state index is 0.0270. The number of fused-ring (bicyclic) bond motifs is 1. The van der Waals surface area contributed by atoms with Crippen LogP contribution >= 0.6 is 0 Å². The molecule has 0 spiro atoms. The van der Waals surface area contributed by atoms with Gasteiger partial charge in [-0.3, -0.25) is 9.59 Å². The summed E-state index contributed by atoms with van der Waals surface area (Å²) in [4.78, 5) is 25.8. The number of anilines is 2. The Kier molecular flexibility index (Phi) is 3.21. The minimum Gasteiger partial charge on any atom is -0.361 e. The number of nitrogens with zero attached hydrogens (tertiary/aromatic N) is 2. The van der Waals surface area contributed by atoms with Crippen molar-refractivity contribution in [1.82, 2.24) is 5.16 Å². The molecule has 6 nitrogen and oxygen atoms in total. The Balaban J connectivity index is 1.90. The SMILES string of the molecule is Cc1noc(C)c1CC(=O)N1CC(=O)Nc2ccccc21. The van der Waals surface area contributed by atoms with Gasteiger partial charge in [0.1, 0.15) is 12.3 Å². The molecule has 2 aromatic rings. The number of aromatic nitrogens is 1. The number of amides is 2. The molecule has 0 fully saturated rings. The molecule has 0 saturated heterocycles. The normalized spacial score (nSPS) is 13.8. The summed E-state index contributed by atoms with van der Waals surface area (Å²) in [5.41, 5.74) is 2.86. The van der Waals surface area contributed by atoms with Crippen LogP contribution in [0.25, 0.3) is 0 Å². The quantitative estimate of drug-likeness (QED) is 0.913. The molecule has 2 amide bonds. The molecular formula is C15H15N3O3. The largest absolute Gasteiger partial charge is 0.361 e. The highest BCUT2D eigenvalue weighted by Crippen LogP contribution is 2.29. The van der Waals surface area contributed by atoms with Gasteiger partial charge in [-0.25, -0.2) is 0 Å². The van der Waals surface area contributed by atoms with E-state index in [1.54, 1.807) is 19.9 Å². The molecule has 0 saturated carbocycles. The molecule has 0 radical (unpaired) electrons. The smallest absolute Gasteiger partial charge is 0.244 e. The van der Waals surface area contributed by atoms with E-state index in [1.807, 2.05) is 18.2 Å². The maximum absolute atomic E-state index is 12.6. The first-order valence-electron chi connectivity index (χ1n) is 6.67. The van der Waals surface area contributed by atoms with Gasteiger partial charge in [0.2, 0.25) is 11.8 Å². The topological polar surface area (TPSA) is 75.4 Å². The molecule has 0 bridgehead atoms. The number of nitrogens with one attached hydrogen (secondary N) is 1. The predicted molar refractivity (Wildman–Crippen MR) is 77.1 cm³/mol. The number of rotatable bonds is 2. The lowest BCUT2D eigenvalue weighted by Crippen LogP contribution is -2.42. The van der Waals surface area contributed by atoms with Crippen molar-refractivity contribution < 1.29 is 14.1 Å². The first-order chi connectivity index (χ1) is 10.1. The highest BCUT2D eigenvalue weighted by atomic mass is 16.5. The summed E-state index contributed by atoms with van der Waals surface area (Å²) >= 11 is 0. The van der Waals surface area contributed by atoms with E-state index in [9.17, 15) is 9.59 Å². The Bertz CT molecular complexity index is 701. The number of benzene rings is 1. The van der Waals surface area contributed by atoms with Crippen LogP contribution < -0.4 is 10.2 Å². The van der Waals surface area contributed by atoms with Gasteiger partial charge in [0.25, 0.3) is 0 Å². The third-order valence-electron chi connectivity index (χ3n) is 3.58. The molecule has 0 aliphatic carbocycles. The standard InChI is InChI=1S/C15H15N3O3/c1-9-11(10(2)21-17-9)7-15(20)18-8-14(19)16-12-5-3-4-6-13(12)18/h3-6H,7-8H2,1-2H3,(H,16,19). The second-order valence-corrected chi connectivity index (χ2v) is 5.02. The summed E-state index contributed by atoms with van der Waals surface area (Å²) in [7, 11) is 0. The van der Waals surface area contributed by atoms with Crippen LogP contribution in [0.2, 0.25) is 0 Å². The van der Waals surface area contributed by atoms with Crippen LogP contribution in [0.15, 0.2) is 28.8 Å². The van der Waals surface area contributed by atoms with E-state index in [-0.39, 0.29) is 24.8 Å². The Morgan fingerprint density at radius 3 is 2.86 bits per heavy atom. The van der Waals surface area contributed by atoms with Gasteiger partial charge >= 0.3 is 0 Å². The van der Waals surface area contributed by atoms with Gasteiger partial charge in [0.05, 0.1) is 23.5 Å². The summed E-state index contributed by atoms with van der Waals surface area (Å²) < 4.78 is 5.07. The van der Waals surface area contributed by atoms with E-state index in [0.29, 0.717) is 22.8 Å². The fourth-order valence-electron chi connectivity index (χ4n) is 2.46. The number of hydrogen-bond acceptors (Lipinski definition) is 4. The fraction of sp³-hybridized carbons (Fsp3) is 0.267. The van der Waals surface area contributed by atoms with Crippen LogP contribution in [0.3, 0.4) is 0 Å². The van der Waals surface area contributed by atoms with E-state index in [1.165, 1.54) is 4.90 Å². The maximum atomic E-state index is 12.6. The number of aryl methyl sites for hydroxylation is 2. The van der Waals surface area contributed by atoms with Crippen molar-refractivity contribution in [2.24, 2.45) is 0 Å². The molecule has 0 atom stereocenters. The second-order valence-electron chi connectivity index (χ2n) is 5.02. The summed E-state index contributed by atoms with van der Waals surface area (Å²) in [5, 5.41) is 6.61. The number of para-hydroxylation sites is 2. The van der Waals surface area contributed by atoms with Crippen LogP contribution in [0.4, 0.5) is 11.4 Å². The molecule has 1 aromatic carbocycles. The van der Waals surface area contributed by atoms with E-state index in [4.69, 9.17) is 4.52 Å². The lowest BCUT2D eigenvalue weighted by atomic mass is 10.1. The molecule has 21 heavy (non-hydrogen) atoms. The van der Waals surface area contributed by atoms with Gasteiger partial charge in [0.15, 0.2) is 0 Å². The van der Waals surface area contributed by atoms with Crippen LogP contribution in [0.5, 0.6) is 0 Å². The Labute approximate surface area is 121 Å². The van der Waals surface area contributed by atoms with E-state index in [0.717, 1.165) is 5.56 Å². The average molecular weight is 285 g/mol. The monoisotopic (exact) mass is 285 g/mol. The first kappa shape index (κ1) is 13.4. The van der Waals surface area contributed by atoms with Crippen LogP contribution in [0, 0.1) is 13.8 Å². The maximum Gasteiger partial charge on any atom is 0.244 e. The third kappa shape index (κ3) is 2.40. The average Bonchev–Trinajstić information content (AvgIpc) is 2.78. The van der Waals surface area contributed by atoms with Crippen molar-refractivity contribution in [1.29, 1.82) is 0 Å². The van der Waals surface area contributed by atoms with Gasteiger partial charge in [-0.2, -0.15) is 0 Å². The lowest BCUT2D eigenvalue weighted by Gasteiger charge is -2.29.